The Hall–Kier alpha value is -4.94. The molecule has 0 aliphatic carbocycles. The monoisotopic (exact) mass is 664 g/mol. The molecule has 0 aromatic heterocycles. The van der Waals surface area contributed by atoms with E-state index in [1.165, 1.54) is 50.2 Å². The molecule has 0 fully saturated rings. The zero-order valence-corrected chi connectivity index (χ0v) is 25.1. The highest BCUT2D eigenvalue weighted by Crippen LogP contribution is 2.39. The number of ether oxygens (including phenoxy) is 1. The van der Waals surface area contributed by atoms with Crippen LogP contribution in [-0.4, -0.2) is 43.3 Å². The van der Waals surface area contributed by atoms with Crippen LogP contribution >= 0.6 is 0 Å². The van der Waals surface area contributed by atoms with E-state index < -0.39 is 58.8 Å². The van der Waals surface area contributed by atoms with Gasteiger partial charge in [-0.2, -0.15) is 30.7 Å². The van der Waals surface area contributed by atoms with Crippen LogP contribution < -0.4 is 10.1 Å². The summed E-state index contributed by atoms with van der Waals surface area (Å²) in [5.74, 6) is -3.68. The van der Waals surface area contributed by atoms with Crippen molar-refractivity contribution in [3.63, 3.8) is 0 Å². The summed E-state index contributed by atoms with van der Waals surface area (Å²) in [5, 5.41) is 2.68. The largest absolute Gasteiger partial charge is 0.461 e. The van der Waals surface area contributed by atoms with Crippen LogP contribution in [0.1, 0.15) is 48.5 Å². The molecule has 0 saturated carbocycles. The second kappa shape index (κ2) is 13.4. The fraction of sp³-hybridized carbons (Fsp3) is 0.235. The summed E-state index contributed by atoms with van der Waals surface area (Å²) >= 11 is 0. The van der Waals surface area contributed by atoms with Gasteiger partial charge < -0.3 is 15.0 Å². The first kappa shape index (κ1) is 34.9. The lowest BCUT2D eigenvalue weighted by molar-refractivity contribution is -0.253. The van der Waals surface area contributed by atoms with Crippen LogP contribution in [0.25, 0.3) is 0 Å². The third kappa shape index (κ3) is 7.90. The molecule has 2 amide bonds. The molecular formula is C34H28F8N2O3. The van der Waals surface area contributed by atoms with Gasteiger partial charge in [0.25, 0.3) is 11.8 Å². The van der Waals surface area contributed by atoms with E-state index in [0.717, 1.165) is 24.3 Å². The zero-order valence-electron chi connectivity index (χ0n) is 25.1. The van der Waals surface area contributed by atoms with E-state index in [2.05, 4.69) is 10.1 Å². The van der Waals surface area contributed by atoms with E-state index in [1.54, 1.807) is 30.3 Å². The molecule has 4 aromatic rings. The van der Waals surface area contributed by atoms with Crippen molar-refractivity contribution in [1.82, 2.24) is 10.2 Å². The molecule has 0 aliphatic rings. The molecule has 4 rings (SSSR count). The summed E-state index contributed by atoms with van der Waals surface area (Å²) in [6.45, 7) is 1.21. The first-order valence-electron chi connectivity index (χ1n) is 14.0. The summed E-state index contributed by atoms with van der Waals surface area (Å²) in [6, 6.07) is 18.8. The molecule has 47 heavy (non-hydrogen) atoms. The zero-order chi connectivity index (χ0) is 34.7. The third-order valence-corrected chi connectivity index (χ3v) is 7.35. The maximum Gasteiger partial charge on any atom is 0.461 e. The Morgan fingerprint density at radius 1 is 0.809 bits per heavy atom. The van der Waals surface area contributed by atoms with Crippen molar-refractivity contribution < 1.29 is 49.4 Å². The van der Waals surface area contributed by atoms with Crippen LogP contribution in [0.4, 0.5) is 35.1 Å². The van der Waals surface area contributed by atoms with Crippen molar-refractivity contribution in [2.45, 2.75) is 37.6 Å². The fourth-order valence-electron chi connectivity index (χ4n) is 5.02. The van der Waals surface area contributed by atoms with Gasteiger partial charge in [0.15, 0.2) is 0 Å². The lowest BCUT2D eigenvalue weighted by Gasteiger charge is -2.37. The smallest absolute Gasteiger partial charge is 0.428 e. The Balaban J connectivity index is 1.99. The number of rotatable bonds is 10. The van der Waals surface area contributed by atoms with E-state index in [9.17, 15) is 40.3 Å². The summed E-state index contributed by atoms with van der Waals surface area (Å²) in [7, 11) is 3.02. The average Bonchev–Trinajstić information content (AvgIpc) is 2.99. The van der Waals surface area contributed by atoms with Crippen molar-refractivity contribution in [1.29, 1.82) is 0 Å². The van der Waals surface area contributed by atoms with Gasteiger partial charge in [0, 0.05) is 37.7 Å². The predicted molar refractivity (Wildman–Crippen MR) is 157 cm³/mol. The summed E-state index contributed by atoms with van der Waals surface area (Å²) < 4.78 is 115. The normalized spacial score (nSPS) is 13.2. The number of hydrogen-bond acceptors (Lipinski definition) is 3. The van der Waals surface area contributed by atoms with Crippen LogP contribution in [0.5, 0.6) is 5.75 Å². The van der Waals surface area contributed by atoms with Gasteiger partial charge in [-0.15, -0.1) is 0 Å². The van der Waals surface area contributed by atoms with Crippen molar-refractivity contribution in [2.75, 3.05) is 14.1 Å². The number of nitrogens with one attached hydrogen (secondary N) is 1. The molecule has 0 spiro atoms. The molecule has 0 heterocycles. The minimum Gasteiger partial charge on any atom is -0.428 e. The van der Waals surface area contributed by atoms with E-state index in [-0.39, 0.29) is 28.7 Å². The fourth-order valence-corrected chi connectivity index (χ4v) is 5.02. The lowest BCUT2D eigenvalue weighted by atomic mass is 9.77. The van der Waals surface area contributed by atoms with Gasteiger partial charge >= 0.3 is 18.7 Å². The van der Waals surface area contributed by atoms with Crippen LogP contribution in [0, 0.1) is 12.7 Å². The second-order valence-electron chi connectivity index (χ2n) is 11.0. The maximum absolute atomic E-state index is 15.1. The molecule has 0 radical (unpaired) electrons. The number of nitrogens with zero attached hydrogens (tertiary/aromatic N) is 1. The minimum atomic E-state index is -5.01. The molecule has 0 unspecified atom stereocenters. The topological polar surface area (TPSA) is 58.6 Å². The highest BCUT2D eigenvalue weighted by molar-refractivity contribution is 5.96. The Bertz CT molecular complexity index is 1740. The quantitative estimate of drug-likeness (QED) is 0.175. The molecule has 0 bridgehead atoms. The van der Waals surface area contributed by atoms with Crippen LogP contribution in [-0.2, 0) is 18.1 Å². The molecule has 4 aromatic carbocycles. The van der Waals surface area contributed by atoms with Crippen LogP contribution in [0.3, 0.4) is 0 Å². The lowest BCUT2D eigenvalue weighted by Crippen LogP contribution is -2.49. The van der Waals surface area contributed by atoms with Crippen molar-refractivity contribution in [2.24, 2.45) is 0 Å². The molecular weight excluding hydrogens is 636 g/mol. The maximum atomic E-state index is 15.1. The summed E-state index contributed by atoms with van der Waals surface area (Å²) in [6.07, 6.45) is -14.3. The number of benzene rings is 4. The number of hydrogen-bond donors (Lipinski definition) is 1. The third-order valence-electron chi connectivity index (χ3n) is 7.35. The Kier molecular flexibility index (Phi) is 9.98. The predicted octanol–water partition coefficient (Wildman–Crippen LogP) is 8.01. The molecule has 0 saturated heterocycles. The molecule has 0 aliphatic heterocycles. The molecule has 5 nitrogen and oxygen atoms in total. The van der Waals surface area contributed by atoms with Crippen LogP contribution in [0.15, 0.2) is 91.0 Å². The number of carbonyl (C=O) groups is 2. The number of carbonyl (C=O) groups excluding carboxylic acids is 2. The summed E-state index contributed by atoms with van der Waals surface area (Å²) in [5.41, 5.74) is -3.06. The van der Waals surface area contributed by atoms with E-state index in [4.69, 9.17) is 0 Å². The molecule has 1 N–H and O–H groups in total. The average molecular weight is 665 g/mol. The Morgan fingerprint density at radius 3 is 2.00 bits per heavy atom. The van der Waals surface area contributed by atoms with Crippen molar-refractivity contribution >= 4 is 11.8 Å². The minimum absolute atomic E-state index is 0.144. The number of aryl methyl sites for hydroxylation is 1. The first-order valence-corrected chi connectivity index (χ1v) is 14.0. The molecule has 13 heteroatoms. The van der Waals surface area contributed by atoms with Gasteiger partial charge in [0.1, 0.15) is 11.6 Å². The van der Waals surface area contributed by atoms with Gasteiger partial charge in [-0.1, -0.05) is 48.5 Å². The highest BCUT2D eigenvalue weighted by Gasteiger charge is 2.45. The van der Waals surface area contributed by atoms with Gasteiger partial charge in [-0.25, -0.2) is 4.39 Å². The SMILES string of the molecule is Cc1ccc(C(=O)N[C@](Cc2ccccc2)(c2ccc(C(=O)N(C)C)cc2)c2cc(F)cc(OC(F)(F)C(F)F)c2)cc1C(F)(F)F. The number of amides is 2. The van der Waals surface area contributed by atoms with E-state index in [1.807, 2.05) is 0 Å². The van der Waals surface area contributed by atoms with Crippen LogP contribution in [0.2, 0.25) is 0 Å². The molecule has 1 atom stereocenters. The first-order chi connectivity index (χ1) is 21.9. The van der Waals surface area contributed by atoms with Crippen molar-refractivity contribution in [3.05, 3.63) is 136 Å². The van der Waals surface area contributed by atoms with E-state index in [0.29, 0.717) is 17.7 Å². The number of halogens is 8. The second-order valence-corrected chi connectivity index (χ2v) is 11.0. The summed E-state index contributed by atoms with van der Waals surface area (Å²) in [4.78, 5) is 27.8. The van der Waals surface area contributed by atoms with Gasteiger partial charge in [-0.05, 0) is 65.6 Å². The standard InChI is InChI=1S/C34H28F8N2O3/c1-20-9-10-23(15-28(20)33(38,39)40)29(45)43-32(19-21-7-5-4-6-8-21,24-13-11-22(12-14-24)30(46)44(2)3)25-16-26(35)18-27(17-25)47-34(41,42)31(36)37/h4-18,31H,19H2,1-3H3,(H,43,45)/t32-/m1/s1. The number of alkyl halides is 7. The van der Waals surface area contributed by atoms with E-state index >= 15 is 4.39 Å². The van der Waals surface area contributed by atoms with Gasteiger partial charge in [-0.3, -0.25) is 9.59 Å². The Labute approximate surface area is 264 Å². The van der Waals surface area contributed by atoms with Crippen molar-refractivity contribution in [3.8, 4) is 5.75 Å². The Morgan fingerprint density at radius 2 is 1.43 bits per heavy atom. The van der Waals surface area contributed by atoms with Gasteiger partial charge in [0.2, 0.25) is 0 Å². The van der Waals surface area contributed by atoms with Gasteiger partial charge in [0.05, 0.1) is 11.1 Å². The molecule has 248 valence electrons. The highest BCUT2D eigenvalue weighted by atomic mass is 19.4.